The van der Waals surface area contributed by atoms with Crippen LogP contribution in [-0.4, -0.2) is 37.3 Å². The summed E-state index contributed by atoms with van der Waals surface area (Å²) in [5.41, 5.74) is 1.15. The summed E-state index contributed by atoms with van der Waals surface area (Å²) in [6.45, 7) is 3.64. The summed E-state index contributed by atoms with van der Waals surface area (Å²) in [6, 6.07) is 13.7. The highest BCUT2D eigenvalue weighted by molar-refractivity contribution is 5.15. The van der Waals surface area contributed by atoms with Gasteiger partial charge >= 0.3 is 11.1 Å². The van der Waals surface area contributed by atoms with E-state index in [4.69, 9.17) is 0 Å². The molecule has 4 heterocycles. The third-order valence-electron chi connectivity index (χ3n) is 6.06. The smallest absolute Gasteiger partial charge is 0.298 e. The van der Waals surface area contributed by atoms with Crippen LogP contribution < -0.4 is 11.1 Å². The fraction of sp³-hybridized carbons (Fsp3) is 0.364. The Morgan fingerprint density at radius 1 is 0.931 bits per heavy atom. The standard InChI is InChI=1S/C22H23N5O2/c28-20-21(29)27(14-17-5-2-1-3-6-17)24-19-11-22(16-26(19)20)8-10-25(15-22)13-18-7-4-9-23-12-18/h1-7,9,12H,8,10-11,13-16H2. The zero-order chi connectivity index (χ0) is 19.8. The van der Waals surface area contributed by atoms with E-state index in [1.165, 1.54) is 10.2 Å². The minimum absolute atomic E-state index is 0.0141. The molecule has 7 nitrogen and oxygen atoms in total. The summed E-state index contributed by atoms with van der Waals surface area (Å²) < 4.78 is 2.93. The molecule has 29 heavy (non-hydrogen) atoms. The van der Waals surface area contributed by atoms with Gasteiger partial charge in [-0.15, -0.1) is 0 Å². The fourth-order valence-electron chi connectivity index (χ4n) is 4.65. The van der Waals surface area contributed by atoms with Crippen molar-refractivity contribution in [2.75, 3.05) is 13.1 Å². The first-order valence-corrected chi connectivity index (χ1v) is 9.98. The fourth-order valence-corrected chi connectivity index (χ4v) is 4.65. The van der Waals surface area contributed by atoms with Crippen LogP contribution in [0.1, 0.15) is 23.4 Å². The van der Waals surface area contributed by atoms with Crippen LogP contribution in [0.5, 0.6) is 0 Å². The maximum atomic E-state index is 12.8. The second-order valence-corrected chi connectivity index (χ2v) is 8.25. The van der Waals surface area contributed by atoms with Crippen molar-refractivity contribution >= 4 is 0 Å². The maximum Gasteiger partial charge on any atom is 0.332 e. The predicted octanol–water partition coefficient (Wildman–Crippen LogP) is 1.30. The van der Waals surface area contributed by atoms with Crippen molar-refractivity contribution in [2.45, 2.75) is 32.5 Å². The van der Waals surface area contributed by atoms with Gasteiger partial charge in [0.1, 0.15) is 5.82 Å². The van der Waals surface area contributed by atoms with E-state index in [1.54, 1.807) is 10.8 Å². The number of pyridine rings is 1. The minimum atomic E-state index is -0.542. The molecule has 0 N–H and O–H groups in total. The number of rotatable bonds is 4. The van der Waals surface area contributed by atoms with E-state index in [0.29, 0.717) is 13.1 Å². The summed E-state index contributed by atoms with van der Waals surface area (Å²) >= 11 is 0. The predicted molar refractivity (Wildman–Crippen MR) is 109 cm³/mol. The molecular weight excluding hydrogens is 366 g/mol. The minimum Gasteiger partial charge on any atom is -0.298 e. The highest BCUT2D eigenvalue weighted by Gasteiger charge is 2.44. The van der Waals surface area contributed by atoms with Crippen molar-refractivity contribution in [3.05, 3.63) is 92.5 Å². The first-order chi connectivity index (χ1) is 14.1. The van der Waals surface area contributed by atoms with Crippen molar-refractivity contribution in [1.29, 1.82) is 0 Å². The van der Waals surface area contributed by atoms with E-state index in [0.717, 1.165) is 43.9 Å². The summed E-state index contributed by atoms with van der Waals surface area (Å²) in [7, 11) is 0. The average molecular weight is 389 g/mol. The number of aromatic nitrogens is 4. The Labute approximate surface area is 168 Å². The molecule has 1 spiro atoms. The quantitative estimate of drug-likeness (QED) is 0.629. The van der Waals surface area contributed by atoms with Gasteiger partial charge in [0.2, 0.25) is 0 Å². The molecule has 0 bridgehead atoms. The number of nitrogens with zero attached hydrogens (tertiary/aromatic N) is 5. The zero-order valence-electron chi connectivity index (χ0n) is 16.2. The van der Waals surface area contributed by atoms with E-state index >= 15 is 0 Å². The Kier molecular flexibility index (Phi) is 4.39. The SMILES string of the molecule is O=c1c(=O)n2c(nn1Cc1ccccc1)CC1(CCN(Cc3cccnc3)C1)C2. The summed E-state index contributed by atoms with van der Waals surface area (Å²) in [4.78, 5) is 31.9. The molecule has 1 unspecified atom stereocenters. The van der Waals surface area contributed by atoms with Crippen LogP contribution in [0.4, 0.5) is 0 Å². The van der Waals surface area contributed by atoms with E-state index in [2.05, 4.69) is 21.0 Å². The Bertz CT molecular complexity index is 1140. The summed E-state index contributed by atoms with van der Waals surface area (Å²) in [5, 5.41) is 4.58. The van der Waals surface area contributed by atoms with Gasteiger partial charge in [-0.2, -0.15) is 5.10 Å². The molecule has 2 aliphatic rings. The lowest BCUT2D eigenvalue weighted by molar-refractivity contribution is 0.246. The van der Waals surface area contributed by atoms with Gasteiger partial charge in [-0.1, -0.05) is 36.4 Å². The van der Waals surface area contributed by atoms with Gasteiger partial charge in [0, 0.05) is 43.9 Å². The molecule has 2 aliphatic heterocycles. The molecule has 2 aromatic heterocycles. The number of hydrogen-bond acceptors (Lipinski definition) is 5. The topological polar surface area (TPSA) is 73.0 Å². The first-order valence-electron chi connectivity index (χ1n) is 9.98. The Balaban J connectivity index is 1.37. The van der Waals surface area contributed by atoms with Gasteiger partial charge in [-0.3, -0.25) is 24.0 Å². The van der Waals surface area contributed by atoms with Crippen molar-refractivity contribution in [2.24, 2.45) is 5.41 Å². The van der Waals surface area contributed by atoms with Gasteiger partial charge < -0.3 is 0 Å². The number of likely N-dealkylation sites (tertiary alicyclic amines) is 1. The average Bonchev–Trinajstić information content (AvgIpc) is 3.30. The molecule has 7 heteroatoms. The molecule has 0 amide bonds. The normalized spacial score (nSPS) is 21.0. The van der Waals surface area contributed by atoms with Gasteiger partial charge in [0.15, 0.2) is 0 Å². The number of benzene rings is 1. The number of hydrogen-bond donors (Lipinski definition) is 0. The highest BCUT2D eigenvalue weighted by atomic mass is 16.2. The van der Waals surface area contributed by atoms with Crippen LogP contribution in [0.25, 0.3) is 0 Å². The van der Waals surface area contributed by atoms with Crippen molar-refractivity contribution in [3.8, 4) is 0 Å². The second-order valence-electron chi connectivity index (χ2n) is 8.25. The van der Waals surface area contributed by atoms with Gasteiger partial charge in [-0.05, 0) is 30.2 Å². The first kappa shape index (κ1) is 18.0. The van der Waals surface area contributed by atoms with Crippen LogP contribution in [0, 0.1) is 5.41 Å². The lowest BCUT2D eigenvalue weighted by Crippen LogP contribution is -2.43. The largest absolute Gasteiger partial charge is 0.332 e. The van der Waals surface area contributed by atoms with Crippen LogP contribution >= 0.6 is 0 Å². The molecule has 1 atom stereocenters. The van der Waals surface area contributed by atoms with Crippen LogP contribution in [0.2, 0.25) is 0 Å². The molecule has 0 aliphatic carbocycles. The third-order valence-corrected chi connectivity index (χ3v) is 6.06. The van der Waals surface area contributed by atoms with Crippen LogP contribution in [0.3, 0.4) is 0 Å². The van der Waals surface area contributed by atoms with E-state index < -0.39 is 11.1 Å². The maximum absolute atomic E-state index is 12.8. The molecule has 0 radical (unpaired) electrons. The Morgan fingerprint density at radius 2 is 1.76 bits per heavy atom. The Hall–Kier alpha value is -3.06. The van der Waals surface area contributed by atoms with Gasteiger partial charge in [0.25, 0.3) is 0 Å². The molecule has 1 aromatic carbocycles. The zero-order valence-corrected chi connectivity index (χ0v) is 16.2. The second kappa shape index (κ2) is 7.08. The lowest BCUT2D eigenvalue weighted by atomic mass is 9.86. The lowest BCUT2D eigenvalue weighted by Gasteiger charge is -2.22. The van der Waals surface area contributed by atoms with E-state index in [1.807, 2.05) is 42.6 Å². The van der Waals surface area contributed by atoms with Crippen LogP contribution in [-0.2, 0) is 26.1 Å². The van der Waals surface area contributed by atoms with Gasteiger partial charge in [0.05, 0.1) is 6.54 Å². The molecular formula is C22H23N5O2. The van der Waals surface area contributed by atoms with Gasteiger partial charge in [-0.25, -0.2) is 4.68 Å². The van der Waals surface area contributed by atoms with Crippen molar-refractivity contribution in [3.63, 3.8) is 0 Å². The van der Waals surface area contributed by atoms with Crippen molar-refractivity contribution in [1.82, 2.24) is 24.2 Å². The molecule has 3 aromatic rings. The summed E-state index contributed by atoms with van der Waals surface area (Å²) in [5.74, 6) is 0.730. The molecule has 5 rings (SSSR count). The molecule has 1 fully saturated rings. The monoisotopic (exact) mass is 389 g/mol. The molecule has 148 valence electrons. The third kappa shape index (κ3) is 3.42. The van der Waals surface area contributed by atoms with E-state index in [9.17, 15) is 9.59 Å². The Morgan fingerprint density at radius 3 is 2.55 bits per heavy atom. The molecule has 1 saturated heterocycles. The van der Waals surface area contributed by atoms with Crippen molar-refractivity contribution < 1.29 is 0 Å². The van der Waals surface area contributed by atoms with Crippen LogP contribution in [0.15, 0.2) is 64.4 Å². The molecule has 0 saturated carbocycles. The highest BCUT2D eigenvalue weighted by Crippen LogP contribution is 2.39. The summed E-state index contributed by atoms with van der Waals surface area (Å²) in [6.07, 6.45) is 5.42. The van der Waals surface area contributed by atoms with E-state index in [-0.39, 0.29) is 5.41 Å². The number of fused-ring (bicyclic) bond motifs is 1.